The fourth-order valence-electron chi connectivity index (χ4n) is 3.40. The molecule has 0 saturated carbocycles. The predicted octanol–water partition coefficient (Wildman–Crippen LogP) is 6.23. The highest BCUT2D eigenvalue weighted by Gasteiger charge is 2.26. The van der Waals surface area contributed by atoms with Crippen LogP contribution in [-0.2, 0) is 4.79 Å². The maximum Gasteiger partial charge on any atom is 0.165 e. The van der Waals surface area contributed by atoms with Crippen molar-refractivity contribution in [1.29, 1.82) is 0 Å². The molecule has 5 heteroatoms. The quantitative estimate of drug-likeness (QED) is 0.177. The number of nitrogens with one attached hydrogen (secondary N) is 1. The predicted molar refractivity (Wildman–Crippen MR) is 130 cm³/mol. The maximum atomic E-state index is 12.6. The average Bonchev–Trinajstić information content (AvgIpc) is 2.73. The van der Waals surface area contributed by atoms with Crippen LogP contribution < -0.4 is 5.32 Å². The first-order valence-corrected chi connectivity index (χ1v) is 11.2. The number of rotatable bonds is 8. The zero-order valence-corrected chi connectivity index (χ0v) is 19.3. The number of amidine groups is 1. The minimum atomic E-state index is 0.134. The van der Waals surface area contributed by atoms with E-state index < -0.39 is 0 Å². The minimum absolute atomic E-state index is 0.134. The number of hydrogen-bond donors (Lipinski definition) is 1. The summed E-state index contributed by atoms with van der Waals surface area (Å²) in [5.74, 6) is 1.26. The summed E-state index contributed by atoms with van der Waals surface area (Å²) in [7, 11) is 0. The van der Waals surface area contributed by atoms with Gasteiger partial charge in [0.15, 0.2) is 5.78 Å². The lowest BCUT2D eigenvalue weighted by Crippen LogP contribution is -2.32. The molecular formula is C25H33N3OS. The molecule has 1 aromatic carbocycles. The fourth-order valence-corrected chi connectivity index (χ4v) is 4.35. The Morgan fingerprint density at radius 2 is 1.87 bits per heavy atom. The lowest BCUT2D eigenvalue weighted by atomic mass is 9.89. The van der Waals surface area contributed by atoms with E-state index in [9.17, 15) is 4.79 Å². The van der Waals surface area contributed by atoms with Crippen LogP contribution in [0.1, 0.15) is 40.5 Å². The highest BCUT2D eigenvalue weighted by Crippen LogP contribution is 2.30. The second kappa shape index (κ2) is 12.4. The van der Waals surface area contributed by atoms with E-state index >= 15 is 0 Å². The first-order chi connectivity index (χ1) is 14.5. The minimum Gasteiger partial charge on any atom is -0.348 e. The summed E-state index contributed by atoms with van der Waals surface area (Å²) in [5.41, 5.74) is 2.76. The average molecular weight is 424 g/mol. The third kappa shape index (κ3) is 7.47. The Morgan fingerprint density at radius 1 is 1.20 bits per heavy atom. The summed E-state index contributed by atoms with van der Waals surface area (Å²) >= 11 is 1.76. The molecule has 0 amide bonds. The second-order valence-electron chi connectivity index (χ2n) is 7.30. The van der Waals surface area contributed by atoms with E-state index in [4.69, 9.17) is 0 Å². The smallest absolute Gasteiger partial charge is 0.165 e. The summed E-state index contributed by atoms with van der Waals surface area (Å²) in [5, 5.41) is 3.23. The van der Waals surface area contributed by atoms with Gasteiger partial charge in [-0.25, -0.2) is 9.30 Å². The summed E-state index contributed by atoms with van der Waals surface area (Å²) in [6, 6.07) is 8.27. The van der Waals surface area contributed by atoms with Crippen LogP contribution in [-0.4, -0.2) is 29.0 Å². The van der Waals surface area contributed by atoms with Crippen molar-refractivity contribution in [2.75, 3.05) is 13.1 Å². The van der Waals surface area contributed by atoms with E-state index in [1.54, 1.807) is 18.0 Å². The van der Waals surface area contributed by atoms with Crippen molar-refractivity contribution in [3.8, 4) is 0 Å². The monoisotopic (exact) mass is 423 g/mol. The molecule has 4 nitrogen and oxygen atoms in total. The van der Waals surface area contributed by atoms with Crippen LogP contribution in [0.3, 0.4) is 0 Å². The lowest BCUT2D eigenvalue weighted by Gasteiger charge is -2.30. The van der Waals surface area contributed by atoms with Crippen molar-refractivity contribution >= 4 is 29.3 Å². The van der Waals surface area contributed by atoms with Gasteiger partial charge in [-0.2, -0.15) is 0 Å². The first-order valence-electron chi connectivity index (χ1n) is 10.4. The topological polar surface area (TPSA) is 44.7 Å². The largest absolute Gasteiger partial charge is 0.348 e. The fraction of sp³-hybridized carbons (Fsp3) is 0.360. The van der Waals surface area contributed by atoms with Gasteiger partial charge in [-0.05, 0) is 82.8 Å². The van der Waals surface area contributed by atoms with Crippen LogP contribution in [0, 0.1) is 5.92 Å². The van der Waals surface area contributed by atoms with Crippen molar-refractivity contribution < 1.29 is 4.79 Å². The molecule has 1 aliphatic rings. The third-order valence-electron chi connectivity index (χ3n) is 4.88. The number of benzene rings is 1. The molecule has 30 heavy (non-hydrogen) atoms. The lowest BCUT2D eigenvalue weighted by molar-refractivity contribution is -0.119. The van der Waals surface area contributed by atoms with Gasteiger partial charge in [-0.3, -0.25) is 4.79 Å². The van der Waals surface area contributed by atoms with Gasteiger partial charge in [0, 0.05) is 35.2 Å². The van der Waals surface area contributed by atoms with Gasteiger partial charge in [0.2, 0.25) is 0 Å². The Labute approximate surface area is 185 Å². The molecule has 0 bridgehead atoms. The number of allylic oxidation sites excluding steroid dienone is 7. The van der Waals surface area contributed by atoms with E-state index in [0.29, 0.717) is 0 Å². The Morgan fingerprint density at radius 3 is 2.43 bits per heavy atom. The molecule has 0 aromatic heterocycles. The highest BCUT2D eigenvalue weighted by atomic mass is 32.2. The van der Waals surface area contributed by atoms with E-state index in [1.807, 2.05) is 64.1 Å². The third-order valence-corrected chi connectivity index (χ3v) is 5.99. The summed E-state index contributed by atoms with van der Waals surface area (Å²) < 4.78 is 2.35. The molecular weight excluding hydrogens is 390 g/mol. The number of carbonyl (C=O) groups is 1. The van der Waals surface area contributed by atoms with Crippen LogP contribution in [0.4, 0.5) is 5.69 Å². The molecule has 1 N–H and O–H groups in total. The molecule has 1 heterocycles. The van der Waals surface area contributed by atoms with E-state index in [2.05, 4.69) is 33.3 Å². The molecule has 0 unspecified atom stereocenters. The summed E-state index contributed by atoms with van der Waals surface area (Å²) in [4.78, 5) is 18.4. The highest BCUT2D eigenvalue weighted by molar-refractivity contribution is 7.97. The number of nitrogens with zero attached hydrogens (tertiary/aromatic N) is 2. The van der Waals surface area contributed by atoms with Crippen LogP contribution >= 0.6 is 11.9 Å². The number of carbonyl (C=O) groups excluding carboxylic acids is 1. The molecule has 0 atom stereocenters. The molecule has 1 aromatic rings. The van der Waals surface area contributed by atoms with E-state index in [-0.39, 0.29) is 11.7 Å². The van der Waals surface area contributed by atoms with Crippen LogP contribution in [0.5, 0.6) is 0 Å². The summed E-state index contributed by atoms with van der Waals surface area (Å²) in [6.45, 7) is 13.4. The van der Waals surface area contributed by atoms with Crippen molar-refractivity contribution in [1.82, 2.24) is 9.62 Å². The van der Waals surface area contributed by atoms with Crippen molar-refractivity contribution in [2.45, 2.75) is 45.4 Å². The van der Waals surface area contributed by atoms with Crippen LogP contribution in [0.2, 0.25) is 0 Å². The number of hydrogen-bond acceptors (Lipinski definition) is 4. The maximum absolute atomic E-state index is 12.6. The number of Topliss-reactive ketones (excluding diaryl/α,β-unsaturated/α-hetero) is 1. The number of piperidine rings is 1. The van der Waals surface area contributed by atoms with Gasteiger partial charge < -0.3 is 5.32 Å². The van der Waals surface area contributed by atoms with Crippen molar-refractivity contribution in [2.24, 2.45) is 10.9 Å². The molecule has 0 radical (unpaired) electrons. The SMILES string of the molecule is C=C/C=C(/C)NC(C)=Nc1ccc(SN2CCC(C(=O)C(/C=C\C)=C/C)CC2)cc1. The van der Waals surface area contributed by atoms with Gasteiger partial charge in [0.25, 0.3) is 0 Å². The standard InChI is InChI=1S/C25H33N3OS/c1-6-9-19(4)26-20(5)27-23-11-13-24(14-12-23)30-28-17-15-22(16-18-28)25(29)21(8-3)10-7-2/h6-14,22H,1,15-18H2,2-5H3,(H,26,27)/b10-7-,19-9-,21-8+. The number of ketones is 1. The Balaban J connectivity index is 1.88. The Bertz CT molecular complexity index is 842. The summed E-state index contributed by atoms with van der Waals surface area (Å²) in [6.07, 6.45) is 11.3. The van der Waals surface area contributed by atoms with Gasteiger partial charge in [0.1, 0.15) is 5.84 Å². The molecule has 1 aliphatic heterocycles. The molecule has 0 spiro atoms. The number of aliphatic imine (C=N–C) groups is 1. The normalized spacial score (nSPS) is 17.4. The second-order valence-corrected chi connectivity index (χ2v) is 8.47. The molecule has 1 fully saturated rings. The zero-order chi connectivity index (χ0) is 21.9. The molecule has 1 saturated heterocycles. The van der Waals surface area contributed by atoms with Crippen molar-refractivity contribution in [3.63, 3.8) is 0 Å². The van der Waals surface area contributed by atoms with E-state index in [1.165, 1.54) is 4.90 Å². The molecule has 0 aliphatic carbocycles. The van der Waals surface area contributed by atoms with Gasteiger partial charge in [0.05, 0.1) is 5.69 Å². The zero-order valence-electron chi connectivity index (χ0n) is 18.5. The Hall–Kier alpha value is -2.37. The molecule has 2 rings (SSSR count). The van der Waals surface area contributed by atoms with Gasteiger partial charge in [-0.1, -0.05) is 30.9 Å². The van der Waals surface area contributed by atoms with Crippen molar-refractivity contribution in [3.05, 3.63) is 72.5 Å². The van der Waals surface area contributed by atoms with E-state index in [0.717, 1.165) is 48.7 Å². The van der Waals surface area contributed by atoms with Crippen LogP contribution in [0.15, 0.2) is 82.4 Å². The Kier molecular flexibility index (Phi) is 9.84. The van der Waals surface area contributed by atoms with Crippen LogP contribution in [0.25, 0.3) is 0 Å². The van der Waals surface area contributed by atoms with Gasteiger partial charge >= 0.3 is 0 Å². The van der Waals surface area contributed by atoms with Gasteiger partial charge in [-0.15, -0.1) is 0 Å². The first kappa shape index (κ1) is 23.9. The molecule has 160 valence electrons.